The summed E-state index contributed by atoms with van der Waals surface area (Å²) in [4.78, 5) is 0. The zero-order valence-corrected chi connectivity index (χ0v) is 7.82. The first-order valence-electron chi connectivity index (χ1n) is 4.11. The first kappa shape index (κ1) is 11.9. The van der Waals surface area contributed by atoms with Crippen LogP contribution in [0, 0.1) is 22.7 Å². The number of nitrogens with zero attached hydrogens (tertiary/aromatic N) is 2. The summed E-state index contributed by atoms with van der Waals surface area (Å²) in [7, 11) is 0. The molecule has 0 saturated carbocycles. The molecule has 0 atom stereocenters. The van der Waals surface area contributed by atoms with Crippen molar-refractivity contribution in [1.29, 1.82) is 10.5 Å². The second-order valence-electron chi connectivity index (χ2n) is 2.81. The number of alkyl halides is 3. The number of hydrogen-bond donors (Lipinski definition) is 0. The predicted octanol–water partition coefficient (Wildman–Crippen LogP) is 2.72. The zero-order chi connectivity index (χ0) is 12.2. The van der Waals surface area contributed by atoms with Gasteiger partial charge in [-0.05, 0) is 17.7 Å². The van der Waals surface area contributed by atoms with Crippen molar-refractivity contribution in [3.8, 4) is 17.9 Å². The van der Waals surface area contributed by atoms with Crippen LogP contribution in [0.2, 0.25) is 0 Å². The van der Waals surface area contributed by atoms with E-state index in [1.807, 2.05) is 0 Å². The summed E-state index contributed by atoms with van der Waals surface area (Å²) in [6.07, 6.45) is -4.74. The van der Waals surface area contributed by atoms with E-state index in [-0.39, 0.29) is 5.75 Å². The summed E-state index contributed by atoms with van der Waals surface area (Å²) >= 11 is 0. The van der Waals surface area contributed by atoms with Crippen LogP contribution in [0.25, 0.3) is 0 Å². The Morgan fingerprint density at radius 1 is 1.06 bits per heavy atom. The van der Waals surface area contributed by atoms with Gasteiger partial charge >= 0.3 is 6.36 Å². The molecule has 0 unspecified atom stereocenters. The largest absolute Gasteiger partial charge is 0.573 e. The summed E-state index contributed by atoms with van der Waals surface area (Å²) in [6.45, 7) is 0. The SMILES string of the molecule is N#CC(C#N)c1ccc(OC(F)(F)F)cc1. The maximum absolute atomic E-state index is 11.8. The number of nitriles is 2. The molecule has 0 heterocycles. The molecule has 3 nitrogen and oxygen atoms in total. The molecule has 0 spiro atoms. The minimum absolute atomic E-state index is 0.333. The van der Waals surface area contributed by atoms with Gasteiger partial charge in [0.15, 0.2) is 5.92 Å². The summed E-state index contributed by atoms with van der Waals surface area (Å²) in [5.74, 6) is -1.37. The van der Waals surface area contributed by atoms with E-state index in [1.54, 1.807) is 12.1 Å². The highest BCUT2D eigenvalue weighted by Gasteiger charge is 2.31. The highest BCUT2D eigenvalue weighted by molar-refractivity contribution is 5.35. The molecule has 0 amide bonds. The Morgan fingerprint density at radius 3 is 1.94 bits per heavy atom. The van der Waals surface area contributed by atoms with Gasteiger partial charge in [-0.1, -0.05) is 12.1 Å². The molecule has 0 aromatic heterocycles. The maximum Gasteiger partial charge on any atom is 0.573 e. The monoisotopic (exact) mass is 226 g/mol. The highest BCUT2D eigenvalue weighted by Crippen LogP contribution is 2.24. The van der Waals surface area contributed by atoms with Crippen LogP contribution in [0.5, 0.6) is 5.75 Å². The fourth-order valence-corrected chi connectivity index (χ4v) is 1.04. The van der Waals surface area contributed by atoms with Crippen LogP contribution < -0.4 is 4.74 Å². The lowest BCUT2D eigenvalue weighted by Crippen LogP contribution is -2.17. The van der Waals surface area contributed by atoms with Gasteiger partial charge in [-0.15, -0.1) is 13.2 Å². The van der Waals surface area contributed by atoms with E-state index in [9.17, 15) is 13.2 Å². The second-order valence-corrected chi connectivity index (χ2v) is 2.81. The molecule has 1 rings (SSSR count). The second kappa shape index (κ2) is 4.54. The molecule has 1 aromatic carbocycles. The van der Waals surface area contributed by atoms with E-state index in [0.29, 0.717) is 5.56 Å². The lowest BCUT2D eigenvalue weighted by atomic mass is 10.0. The van der Waals surface area contributed by atoms with Crippen LogP contribution in [-0.2, 0) is 0 Å². The molecular weight excluding hydrogens is 221 g/mol. The van der Waals surface area contributed by atoms with Crippen LogP contribution in [0.4, 0.5) is 13.2 Å². The number of halogens is 3. The molecule has 0 fully saturated rings. The van der Waals surface area contributed by atoms with Crippen LogP contribution in [0.15, 0.2) is 24.3 Å². The molecule has 0 radical (unpaired) electrons. The third-order valence-electron chi connectivity index (χ3n) is 1.71. The minimum Gasteiger partial charge on any atom is -0.406 e. The predicted molar refractivity (Wildman–Crippen MR) is 47.1 cm³/mol. The topological polar surface area (TPSA) is 56.8 Å². The number of ether oxygens (including phenoxy) is 1. The Balaban J connectivity index is 2.85. The van der Waals surface area contributed by atoms with Gasteiger partial charge in [0.05, 0.1) is 12.1 Å². The van der Waals surface area contributed by atoms with E-state index in [1.165, 1.54) is 12.1 Å². The smallest absolute Gasteiger partial charge is 0.406 e. The van der Waals surface area contributed by atoms with Gasteiger partial charge in [-0.3, -0.25) is 0 Å². The summed E-state index contributed by atoms with van der Waals surface area (Å²) in [5, 5.41) is 17.1. The molecule has 6 heteroatoms. The third kappa shape index (κ3) is 3.18. The normalized spacial score (nSPS) is 10.6. The minimum atomic E-state index is -4.74. The zero-order valence-electron chi connectivity index (χ0n) is 7.82. The molecule has 0 aliphatic rings. The fraction of sp³-hybridized carbons (Fsp3) is 0.200. The fourth-order valence-electron chi connectivity index (χ4n) is 1.04. The van der Waals surface area contributed by atoms with Crippen molar-refractivity contribution in [3.05, 3.63) is 29.8 Å². The van der Waals surface area contributed by atoms with Crippen molar-refractivity contribution in [1.82, 2.24) is 0 Å². The Morgan fingerprint density at radius 2 is 1.56 bits per heavy atom. The Bertz CT molecular complexity index is 425. The molecule has 0 saturated heterocycles. The van der Waals surface area contributed by atoms with E-state index < -0.39 is 12.3 Å². The van der Waals surface area contributed by atoms with Crippen molar-refractivity contribution in [2.75, 3.05) is 0 Å². The Kier molecular flexibility index (Phi) is 3.37. The van der Waals surface area contributed by atoms with Crippen molar-refractivity contribution in [2.24, 2.45) is 0 Å². The first-order valence-corrected chi connectivity index (χ1v) is 4.11. The molecule has 82 valence electrons. The molecular formula is C10H5F3N2O. The van der Waals surface area contributed by atoms with E-state index in [4.69, 9.17) is 10.5 Å². The van der Waals surface area contributed by atoms with Crippen LogP contribution in [-0.4, -0.2) is 6.36 Å². The Hall–Kier alpha value is -2.21. The van der Waals surface area contributed by atoms with Crippen LogP contribution in [0.3, 0.4) is 0 Å². The van der Waals surface area contributed by atoms with Crippen LogP contribution >= 0.6 is 0 Å². The van der Waals surface area contributed by atoms with Gasteiger partial charge in [0.25, 0.3) is 0 Å². The van der Waals surface area contributed by atoms with Gasteiger partial charge in [0.1, 0.15) is 5.75 Å². The number of benzene rings is 1. The van der Waals surface area contributed by atoms with Gasteiger partial charge < -0.3 is 4.74 Å². The Labute approximate surface area is 89.3 Å². The van der Waals surface area contributed by atoms with Crippen molar-refractivity contribution in [2.45, 2.75) is 12.3 Å². The third-order valence-corrected chi connectivity index (χ3v) is 1.71. The number of hydrogen-bond acceptors (Lipinski definition) is 3. The standard InChI is InChI=1S/C10H5F3N2O/c11-10(12,13)16-9-3-1-7(2-4-9)8(5-14)6-15/h1-4,8H. The van der Waals surface area contributed by atoms with E-state index >= 15 is 0 Å². The summed E-state index contributed by atoms with van der Waals surface area (Å²) in [5.41, 5.74) is 0.333. The molecule has 1 aromatic rings. The van der Waals surface area contributed by atoms with Crippen molar-refractivity contribution in [3.63, 3.8) is 0 Å². The maximum atomic E-state index is 11.8. The molecule has 0 aliphatic heterocycles. The van der Waals surface area contributed by atoms with Gasteiger partial charge in [-0.25, -0.2) is 0 Å². The average Bonchev–Trinajstić information content (AvgIpc) is 2.20. The number of rotatable bonds is 2. The molecule has 16 heavy (non-hydrogen) atoms. The van der Waals surface area contributed by atoms with Gasteiger partial charge in [-0.2, -0.15) is 10.5 Å². The van der Waals surface area contributed by atoms with Gasteiger partial charge in [0.2, 0.25) is 0 Å². The molecule has 0 aliphatic carbocycles. The van der Waals surface area contributed by atoms with Crippen molar-refractivity contribution < 1.29 is 17.9 Å². The summed E-state index contributed by atoms with van der Waals surface area (Å²) in [6, 6.07) is 8.04. The van der Waals surface area contributed by atoms with Crippen molar-refractivity contribution >= 4 is 0 Å². The summed E-state index contributed by atoms with van der Waals surface area (Å²) < 4.78 is 39.1. The average molecular weight is 226 g/mol. The quantitative estimate of drug-likeness (QED) is 0.778. The first-order chi connectivity index (χ1) is 7.46. The molecule has 0 bridgehead atoms. The lowest BCUT2D eigenvalue weighted by Gasteiger charge is -2.09. The van der Waals surface area contributed by atoms with Crippen LogP contribution in [0.1, 0.15) is 11.5 Å². The van der Waals surface area contributed by atoms with E-state index in [0.717, 1.165) is 12.1 Å². The van der Waals surface area contributed by atoms with E-state index in [2.05, 4.69) is 4.74 Å². The van der Waals surface area contributed by atoms with Gasteiger partial charge in [0, 0.05) is 0 Å². The highest BCUT2D eigenvalue weighted by atomic mass is 19.4. The molecule has 0 N–H and O–H groups in total. The lowest BCUT2D eigenvalue weighted by molar-refractivity contribution is -0.274.